The zero-order chi connectivity index (χ0) is 11.1. The van der Waals surface area contributed by atoms with Crippen LogP contribution in [0.1, 0.15) is 10.0 Å². The van der Waals surface area contributed by atoms with Crippen molar-refractivity contribution >= 4 is 44.3 Å². The van der Waals surface area contributed by atoms with Crippen molar-refractivity contribution in [3.05, 3.63) is 33.2 Å². The summed E-state index contributed by atoms with van der Waals surface area (Å²) in [5, 5.41) is 6.56. The number of aromatic nitrogens is 2. The van der Waals surface area contributed by atoms with Crippen molar-refractivity contribution in [3.63, 3.8) is 0 Å². The Morgan fingerprint density at radius 2 is 1.38 bits per heavy atom. The third kappa shape index (κ3) is 4.45. The molecule has 0 bridgehead atoms. The molecule has 0 amide bonds. The summed E-state index contributed by atoms with van der Waals surface area (Å²) in [5.74, 6) is 2.30. The third-order valence-electron chi connectivity index (χ3n) is 1.85. The van der Waals surface area contributed by atoms with Gasteiger partial charge in [0.2, 0.25) is 0 Å². The summed E-state index contributed by atoms with van der Waals surface area (Å²) >= 11 is 3.49. The predicted molar refractivity (Wildman–Crippen MR) is 76.6 cm³/mol. The molecule has 0 spiro atoms. The maximum atomic E-state index is 4.26. The topological polar surface area (TPSA) is 25.8 Å². The number of thiazole rings is 2. The van der Waals surface area contributed by atoms with Gasteiger partial charge in [0.15, 0.2) is 0 Å². The highest BCUT2D eigenvalue weighted by Crippen LogP contribution is 2.24. The highest BCUT2D eigenvalue weighted by molar-refractivity contribution is 8.76. The van der Waals surface area contributed by atoms with Crippen LogP contribution in [0.25, 0.3) is 0 Å². The fourth-order valence-electron chi connectivity index (χ4n) is 1.13. The normalized spacial score (nSPS) is 10.8. The molecule has 2 aromatic rings. The zero-order valence-corrected chi connectivity index (χ0v) is 11.9. The molecule has 0 radical (unpaired) electrons. The molecule has 2 rings (SSSR count). The molecular formula is C10H12N2S4. The van der Waals surface area contributed by atoms with E-state index < -0.39 is 0 Å². The van der Waals surface area contributed by atoms with Gasteiger partial charge in [-0.25, -0.2) is 9.97 Å². The van der Waals surface area contributed by atoms with Crippen molar-refractivity contribution in [1.82, 2.24) is 9.97 Å². The van der Waals surface area contributed by atoms with E-state index in [0.29, 0.717) is 0 Å². The van der Waals surface area contributed by atoms with E-state index in [1.807, 2.05) is 44.7 Å². The quantitative estimate of drug-likeness (QED) is 0.572. The second kappa shape index (κ2) is 7.32. The van der Waals surface area contributed by atoms with E-state index in [2.05, 4.69) is 9.97 Å². The molecule has 0 N–H and O–H groups in total. The lowest BCUT2D eigenvalue weighted by Gasteiger charge is -1.98. The molecule has 0 aliphatic heterocycles. The van der Waals surface area contributed by atoms with Gasteiger partial charge in [0, 0.05) is 47.5 Å². The zero-order valence-electron chi connectivity index (χ0n) is 8.67. The van der Waals surface area contributed by atoms with Crippen LogP contribution in [0.3, 0.4) is 0 Å². The molecule has 0 atom stereocenters. The van der Waals surface area contributed by atoms with Gasteiger partial charge in [-0.3, -0.25) is 0 Å². The lowest BCUT2D eigenvalue weighted by Crippen LogP contribution is -1.87. The largest absolute Gasteiger partial charge is 0.250 e. The first-order valence-electron chi connectivity index (χ1n) is 4.96. The number of rotatable bonds is 7. The van der Waals surface area contributed by atoms with Crippen LogP contribution in [-0.4, -0.2) is 21.5 Å². The van der Waals surface area contributed by atoms with Crippen LogP contribution in [-0.2, 0) is 12.8 Å². The summed E-state index contributed by atoms with van der Waals surface area (Å²) in [6.07, 6.45) is 5.93. The number of hydrogen-bond donors (Lipinski definition) is 0. The van der Waals surface area contributed by atoms with E-state index >= 15 is 0 Å². The van der Waals surface area contributed by atoms with E-state index in [0.717, 1.165) is 24.3 Å². The van der Waals surface area contributed by atoms with Gasteiger partial charge in [-0.05, 0) is 0 Å². The smallest absolute Gasteiger partial charge is 0.0933 e. The van der Waals surface area contributed by atoms with E-state index in [1.54, 1.807) is 22.7 Å². The van der Waals surface area contributed by atoms with Gasteiger partial charge in [0.25, 0.3) is 0 Å². The maximum Gasteiger partial charge on any atom is 0.0933 e. The Hall–Kier alpha value is -0.0400. The molecule has 0 aliphatic rings. The average Bonchev–Trinajstić information content (AvgIpc) is 2.96. The first-order chi connectivity index (χ1) is 7.95. The third-order valence-corrected chi connectivity index (χ3v) is 5.94. The van der Waals surface area contributed by atoms with Crippen LogP contribution >= 0.6 is 44.3 Å². The minimum Gasteiger partial charge on any atom is -0.250 e. The van der Waals surface area contributed by atoms with Gasteiger partial charge in [-0.15, -0.1) is 22.7 Å². The molecule has 86 valence electrons. The monoisotopic (exact) mass is 288 g/mol. The van der Waals surface area contributed by atoms with Crippen molar-refractivity contribution in [2.45, 2.75) is 12.8 Å². The first-order valence-corrected chi connectivity index (χ1v) is 9.21. The van der Waals surface area contributed by atoms with Crippen LogP contribution < -0.4 is 0 Å². The summed E-state index contributed by atoms with van der Waals surface area (Å²) in [4.78, 5) is 8.52. The maximum absolute atomic E-state index is 4.26. The molecule has 0 saturated carbocycles. The Morgan fingerprint density at radius 1 is 0.875 bits per heavy atom. The molecule has 0 aliphatic carbocycles. The highest BCUT2D eigenvalue weighted by atomic mass is 33.1. The van der Waals surface area contributed by atoms with Crippen LogP contribution in [0.5, 0.6) is 0 Å². The van der Waals surface area contributed by atoms with Crippen LogP contribution in [0, 0.1) is 0 Å². The van der Waals surface area contributed by atoms with Crippen LogP contribution in [0.15, 0.2) is 23.2 Å². The molecule has 2 heterocycles. The summed E-state index contributed by atoms with van der Waals surface area (Å²) in [5.41, 5.74) is 0. The van der Waals surface area contributed by atoms with Gasteiger partial charge >= 0.3 is 0 Å². The lowest BCUT2D eigenvalue weighted by atomic mass is 10.5. The number of aryl methyl sites for hydroxylation is 2. The second-order valence-corrected chi connectivity index (χ2v) is 7.66. The van der Waals surface area contributed by atoms with Gasteiger partial charge in [0.1, 0.15) is 0 Å². The van der Waals surface area contributed by atoms with Gasteiger partial charge in [-0.1, -0.05) is 21.6 Å². The Balaban J connectivity index is 1.49. The molecule has 16 heavy (non-hydrogen) atoms. The Morgan fingerprint density at radius 3 is 1.75 bits per heavy atom. The van der Waals surface area contributed by atoms with Gasteiger partial charge in [-0.2, -0.15) is 0 Å². The minimum atomic E-state index is 1.09. The minimum absolute atomic E-state index is 1.09. The molecule has 0 aromatic carbocycles. The molecule has 0 unspecified atom stereocenters. The van der Waals surface area contributed by atoms with E-state index in [9.17, 15) is 0 Å². The van der Waals surface area contributed by atoms with E-state index in [-0.39, 0.29) is 0 Å². The van der Waals surface area contributed by atoms with Gasteiger partial charge < -0.3 is 0 Å². The summed E-state index contributed by atoms with van der Waals surface area (Å²) in [7, 11) is 3.87. The highest BCUT2D eigenvalue weighted by Gasteiger charge is 1.98. The summed E-state index contributed by atoms with van der Waals surface area (Å²) in [6.45, 7) is 0. The molecular weight excluding hydrogens is 276 g/mol. The number of hydrogen-bond acceptors (Lipinski definition) is 6. The van der Waals surface area contributed by atoms with Crippen molar-refractivity contribution < 1.29 is 0 Å². The molecule has 6 heteroatoms. The summed E-state index contributed by atoms with van der Waals surface area (Å²) < 4.78 is 0. The van der Waals surface area contributed by atoms with Crippen molar-refractivity contribution in [2.75, 3.05) is 11.5 Å². The van der Waals surface area contributed by atoms with Crippen molar-refractivity contribution in [3.8, 4) is 0 Å². The lowest BCUT2D eigenvalue weighted by molar-refractivity contribution is 1.11. The SMILES string of the molecule is c1csc(CCSSCCc2nccs2)n1. The van der Waals surface area contributed by atoms with E-state index in [4.69, 9.17) is 0 Å². The van der Waals surface area contributed by atoms with Crippen LogP contribution in [0.2, 0.25) is 0 Å². The standard InChI is InChI=1S/C10H12N2S4/c1(9-11-3-7-13-9)5-15-16-6-2-10-12-4-8-14-10/h3-4,7-8H,1-2,5-6H2. The molecule has 0 saturated heterocycles. The van der Waals surface area contributed by atoms with E-state index in [1.165, 1.54) is 10.0 Å². The van der Waals surface area contributed by atoms with Crippen LogP contribution in [0.4, 0.5) is 0 Å². The molecule has 2 nitrogen and oxygen atoms in total. The molecule has 2 aromatic heterocycles. The summed E-state index contributed by atoms with van der Waals surface area (Å²) in [6, 6.07) is 0. The fourth-order valence-corrected chi connectivity index (χ4v) is 4.62. The van der Waals surface area contributed by atoms with Crippen molar-refractivity contribution in [2.24, 2.45) is 0 Å². The Kier molecular flexibility index (Phi) is 5.68. The molecule has 0 fully saturated rings. The predicted octanol–water partition coefficient (Wildman–Crippen LogP) is 3.77. The Bertz CT molecular complexity index is 333. The number of nitrogens with zero attached hydrogens (tertiary/aromatic N) is 2. The first kappa shape index (κ1) is 12.4. The Labute approximate surface area is 111 Å². The fraction of sp³-hybridized carbons (Fsp3) is 0.400. The second-order valence-electron chi connectivity index (χ2n) is 3.00. The average molecular weight is 288 g/mol. The van der Waals surface area contributed by atoms with Crippen molar-refractivity contribution in [1.29, 1.82) is 0 Å². The van der Waals surface area contributed by atoms with Gasteiger partial charge in [0.05, 0.1) is 10.0 Å².